The first-order valence-electron chi connectivity index (χ1n) is 8.96. The van der Waals surface area contributed by atoms with E-state index in [0.717, 1.165) is 16.5 Å². The summed E-state index contributed by atoms with van der Waals surface area (Å²) in [6.07, 6.45) is 0. The number of benzene rings is 2. The summed E-state index contributed by atoms with van der Waals surface area (Å²) in [4.78, 5) is 32.4. The molecule has 0 bridgehead atoms. The van der Waals surface area contributed by atoms with Gasteiger partial charge in [0.1, 0.15) is 5.69 Å². The van der Waals surface area contributed by atoms with Gasteiger partial charge < -0.3 is 14.8 Å². The number of piperazine rings is 1. The van der Waals surface area contributed by atoms with E-state index in [1.165, 1.54) is 0 Å². The molecular formula is C21H20ClN3O2. The lowest BCUT2D eigenvalue weighted by molar-refractivity contribution is 0.0532. The molecule has 1 N–H and O–H groups in total. The molecule has 0 unspecified atom stereocenters. The molecule has 0 saturated carbocycles. The lowest BCUT2D eigenvalue weighted by atomic mass is 10.1. The number of nitrogens with zero attached hydrogens (tertiary/aromatic N) is 2. The van der Waals surface area contributed by atoms with Crippen LogP contribution >= 0.6 is 11.6 Å². The number of H-pyrrole nitrogens is 1. The fraction of sp³-hybridized carbons (Fsp3) is 0.238. The minimum absolute atomic E-state index is 0.0118. The van der Waals surface area contributed by atoms with E-state index in [9.17, 15) is 9.59 Å². The van der Waals surface area contributed by atoms with Crippen LogP contribution in [0.25, 0.3) is 10.9 Å². The Balaban J connectivity index is 1.45. The number of rotatable bonds is 2. The minimum Gasteiger partial charge on any atom is -0.350 e. The predicted molar refractivity (Wildman–Crippen MR) is 106 cm³/mol. The Kier molecular flexibility index (Phi) is 4.62. The molecule has 27 heavy (non-hydrogen) atoms. The Morgan fingerprint density at radius 2 is 1.48 bits per heavy atom. The van der Waals surface area contributed by atoms with Crippen molar-refractivity contribution in [3.05, 3.63) is 70.4 Å². The molecule has 0 radical (unpaired) electrons. The van der Waals surface area contributed by atoms with Crippen molar-refractivity contribution >= 4 is 34.3 Å². The van der Waals surface area contributed by atoms with Gasteiger partial charge >= 0.3 is 0 Å². The predicted octanol–water partition coefficient (Wildman–Crippen LogP) is 3.73. The van der Waals surface area contributed by atoms with Gasteiger partial charge in [-0.2, -0.15) is 0 Å². The van der Waals surface area contributed by atoms with Gasteiger partial charge in [-0.3, -0.25) is 9.59 Å². The number of carbonyl (C=O) groups excluding carboxylic acids is 2. The summed E-state index contributed by atoms with van der Waals surface area (Å²) in [5.74, 6) is -0.0390. The number of halogens is 1. The fourth-order valence-electron chi connectivity index (χ4n) is 3.54. The molecule has 1 aliphatic rings. The average Bonchev–Trinajstić information content (AvgIpc) is 3.04. The van der Waals surface area contributed by atoms with Crippen molar-refractivity contribution in [3.8, 4) is 0 Å². The van der Waals surface area contributed by atoms with Gasteiger partial charge in [0, 0.05) is 47.7 Å². The highest BCUT2D eigenvalue weighted by Gasteiger charge is 2.27. The molecule has 1 saturated heterocycles. The largest absolute Gasteiger partial charge is 0.350 e. The molecule has 4 rings (SSSR count). The second-order valence-corrected chi connectivity index (χ2v) is 7.20. The molecule has 2 aromatic carbocycles. The Labute approximate surface area is 162 Å². The number of fused-ring (bicyclic) bond motifs is 1. The quantitative estimate of drug-likeness (QED) is 0.735. The van der Waals surface area contributed by atoms with E-state index in [1.807, 2.05) is 36.1 Å². The summed E-state index contributed by atoms with van der Waals surface area (Å²) < 4.78 is 0. The van der Waals surface area contributed by atoms with Gasteiger partial charge in [-0.15, -0.1) is 0 Å². The number of carbonyl (C=O) groups is 2. The summed E-state index contributed by atoms with van der Waals surface area (Å²) >= 11 is 5.88. The van der Waals surface area contributed by atoms with Crippen LogP contribution in [-0.2, 0) is 0 Å². The second kappa shape index (κ2) is 7.08. The highest BCUT2D eigenvalue weighted by molar-refractivity contribution is 6.30. The molecule has 0 spiro atoms. The number of hydrogen-bond donors (Lipinski definition) is 1. The first kappa shape index (κ1) is 17.6. The lowest BCUT2D eigenvalue weighted by Gasteiger charge is -2.34. The van der Waals surface area contributed by atoms with Crippen LogP contribution in [0.1, 0.15) is 26.4 Å². The van der Waals surface area contributed by atoms with Crippen LogP contribution in [0.2, 0.25) is 5.02 Å². The molecule has 1 fully saturated rings. The zero-order valence-electron chi connectivity index (χ0n) is 15.0. The van der Waals surface area contributed by atoms with Gasteiger partial charge in [-0.1, -0.05) is 29.8 Å². The van der Waals surface area contributed by atoms with Crippen LogP contribution in [0.5, 0.6) is 0 Å². The molecule has 5 nitrogen and oxygen atoms in total. The van der Waals surface area contributed by atoms with Gasteiger partial charge in [-0.25, -0.2) is 0 Å². The van der Waals surface area contributed by atoms with Crippen molar-refractivity contribution in [2.45, 2.75) is 6.92 Å². The van der Waals surface area contributed by atoms with Crippen LogP contribution in [-0.4, -0.2) is 52.8 Å². The highest BCUT2D eigenvalue weighted by atomic mass is 35.5. The topological polar surface area (TPSA) is 56.4 Å². The van der Waals surface area contributed by atoms with Gasteiger partial charge in [-0.05, 0) is 42.8 Å². The number of hydrogen-bond acceptors (Lipinski definition) is 2. The van der Waals surface area contributed by atoms with Crippen LogP contribution in [0, 0.1) is 6.92 Å². The molecule has 1 aromatic heterocycles. The SMILES string of the molecule is Cc1c(C(=O)N2CCN(C(=O)c3ccc(Cl)cc3)CC2)[nH]c2ccccc12. The third-order valence-electron chi connectivity index (χ3n) is 5.12. The van der Waals surface area contributed by atoms with E-state index in [0.29, 0.717) is 42.5 Å². The van der Waals surface area contributed by atoms with E-state index >= 15 is 0 Å². The summed E-state index contributed by atoms with van der Waals surface area (Å²) in [5.41, 5.74) is 3.18. The highest BCUT2D eigenvalue weighted by Crippen LogP contribution is 2.23. The maximum atomic E-state index is 13.0. The number of aromatic nitrogens is 1. The van der Waals surface area contributed by atoms with Crippen molar-refractivity contribution in [1.82, 2.24) is 14.8 Å². The standard InChI is InChI=1S/C21H20ClN3O2/c1-14-17-4-2-3-5-18(17)23-19(14)21(27)25-12-10-24(11-13-25)20(26)15-6-8-16(22)9-7-15/h2-9,23H,10-13H2,1H3. The second-order valence-electron chi connectivity index (χ2n) is 6.76. The van der Waals surface area contributed by atoms with Crippen molar-refractivity contribution < 1.29 is 9.59 Å². The zero-order valence-corrected chi connectivity index (χ0v) is 15.8. The van der Waals surface area contributed by atoms with Gasteiger partial charge in [0.2, 0.25) is 0 Å². The van der Waals surface area contributed by atoms with E-state index in [2.05, 4.69) is 4.98 Å². The Bertz CT molecular complexity index is 1000. The number of amides is 2. The van der Waals surface area contributed by atoms with Crippen molar-refractivity contribution in [3.63, 3.8) is 0 Å². The smallest absolute Gasteiger partial charge is 0.270 e. The van der Waals surface area contributed by atoms with Gasteiger partial charge in [0.05, 0.1) is 0 Å². The molecule has 1 aliphatic heterocycles. The molecule has 0 aliphatic carbocycles. The summed E-state index contributed by atoms with van der Waals surface area (Å²) in [7, 11) is 0. The maximum Gasteiger partial charge on any atom is 0.270 e. The number of aryl methyl sites for hydroxylation is 1. The summed E-state index contributed by atoms with van der Waals surface area (Å²) in [6.45, 7) is 4.05. The Morgan fingerprint density at radius 3 is 2.11 bits per heavy atom. The van der Waals surface area contributed by atoms with E-state index in [-0.39, 0.29) is 11.8 Å². The van der Waals surface area contributed by atoms with Crippen molar-refractivity contribution in [2.24, 2.45) is 0 Å². The third kappa shape index (κ3) is 3.30. The van der Waals surface area contributed by atoms with Crippen LogP contribution in [0.15, 0.2) is 48.5 Å². The average molecular weight is 382 g/mol. The summed E-state index contributed by atoms with van der Waals surface area (Å²) in [5, 5.41) is 1.67. The van der Waals surface area contributed by atoms with Crippen molar-refractivity contribution in [1.29, 1.82) is 0 Å². The van der Waals surface area contributed by atoms with Gasteiger partial charge in [0.25, 0.3) is 11.8 Å². The molecule has 0 atom stereocenters. The first-order valence-corrected chi connectivity index (χ1v) is 9.34. The summed E-state index contributed by atoms with van der Waals surface area (Å²) in [6, 6.07) is 14.8. The Morgan fingerprint density at radius 1 is 0.889 bits per heavy atom. The maximum absolute atomic E-state index is 13.0. The molecule has 3 aromatic rings. The minimum atomic E-state index is -0.0273. The molecule has 138 valence electrons. The van der Waals surface area contributed by atoms with E-state index in [4.69, 9.17) is 11.6 Å². The number of aromatic amines is 1. The van der Waals surface area contributed by atoms with Crippen molar-refractivity contribution in [2.75, 3.05) is 26.2 Å². The molecular weight excluding hydrogens is 362 g/mol. The van der Waals surface area contributed by atoms with E-state index < -0.39 is 0 Å². The lowest BCUT2D eigenvalue weighted by Crippen LogP contribution is -2.50. The van der Waals surface area contributed by atoms with E-state index in [1.54, 1.807) is 29.2 Å². The monoisotopic (exact) mass is 381 g/mol. The number of nitrogens with one attached hydrogen (secondary N) is 1. The third-order valence-corrected chi connectivity index (χ3v) is 5.38. The van der Waals surface area contributed by atoms with Crippen LogP contribution < -0.4 is 0 Å². The molecule has 2 heterocycles. The molecule has 6 heteroatoms. The van der Waals surface area contributed by atoms with Gasteiger partial charge in [0.15, 0.2) is 0 Å². The van der Waals surface area contributed by atoms with Crippen LogP contribution in [0.3, 0.4) is 0 Å². The number of para-hydroxylation sites is 1. The zero-order chi connectivity index (χ0) is 19.0. The normalized spacial score (nSPS) is 14.6. The molecule has 2 amide bonds. The first-order chi connectivity index (χ1) is 13.0. The Hall–Kier alpha value is -2.79. The fourth-order valence-corrected chi connectivity index (χ4v) is 3.67. The van der Waals surface area contributed by atoms with Crippen LogP contribution in [0.4, 0.5) is 0 Å².